The number of hydrogen-bond donors (Lipinski definition) is 1. The Morgan fingerprint density at radius 1 is 1.05 bits per heavy atom. The normalized spacial score (nSPS) is 14.2. The predicted octanol–water partition coefficient (Wildman–Crippen LogP) is 3.91. The van der Waals surface area contributed by atoms with E-state index >= 15 is 0 Å². The molecule has 1 atom stereocenters. The fraction of sp³-hybridized carbons (Fsp3) is 0.500. The zero-order valence-corrected chi connectivity index (χ0v) is 10.8. The molecule has 22 heavy (non-hydrogen) atoms. The van der Waals surface area contributed by atoms with Gasteiger partial charge in [-0.2, -0.15) is 30.7 Å². The molecule has 0 spiro atoms. The quantitative estimate of drug-likeness (QED) is 0.762. The first-order valence-electron chi connectivity index (χ1n) is 5.88. The lowest BCUT2D eigenvalue weighted by molar-refractivity contribution is -0.253. The van der Waals surface area contributed by atoms with E-state index < -0.39 is 37.2 Å². The first kappa shape index (κ1) is 18.5. The van der Waals surface area contributed by atoms with Gasteiger partial charge in [-0.1, -0.05) is 12.1 Å². The third-order valence-corrected chi connectivity index (χ3v) is 2.41. The number of rotatable bonds is 7. The molecule has 1 aromatic rings. The fourth-order valence-corrected chi connectivity index (χ4v) is 1.38. The minimum absolute atomic E-state index is 0.164. The maximum absolute atomic E-state index is 12.7. The molecule has 126 valence electrons. The van der Waals surface area contributed by atoms with Crippen molar-refractivity contribution in [3.05, 3.63) is 29.8 Å². The highest BCUT2D eigenvalue weighted by Gasteiger charge is 2.44. The van der Waals surface area contributed by atoms with Gasteiger partial charge in [0.2, 0.25) is 6.17 Å². The predicted molar refractivity (Wildman–Crippen MR) is 60.7 cm³/mol. The van der Waals surface area contributed by atoms with E-state index in [2.05, 4.69) is 10.1 Å². The van der Waals surface area contributed by atoms with Gasteiger partial charge in [-0.05, 0) is 17.7 Å². The molecule has 1 unspecified atom stereocenters. The zero-order valence-electron chi connectivity index (χ0n) is 10.8. The molecule has 1 N–H and O–H groups in total. The van der Waals surface area contributed by atoms with Gasteiger partial charge in [0.05, 0.1) is 0 Å². The first-order chi connectivity index (χ1) is 10.0. The lowest BCUT2D eigenvalue weighted by Crippen LogP contribution is -2.35. The Morgan fingerprint density at radius 3 is 2.23 bits per heavy atom. The van der Waals surface area contributed by atoms with Gasteiger partial charge < -0.3 is 10.1 Å². The Hall–Kier alpha value is -1.58. The summed E-state index contributed by atoms with van der Waals surface area (Å²) in [6.45, 7) is -1.31. The van der Waals surface area contributed by atoms with E-state index in [9.17, 15) is 35.1 Å². The molecule has 0 aliphatic carbocycles. The number of nitrogens with one attached hydrogen (secondary N) is 1. The van der Waals surface area contributed by atoms with E-state index in [4.69, 9.17) is 0 Å². The molecule has 0 aliphatic heterocycles. The van der Waals surface area contributed by atoms with Crippen LogP contribution in [0.5, 0.6) is 5.75 Å². The molecule has 0 saturated heterocycles. The van der Waals surface area contributed by atoms with Crippen LogP contribution in [0.4, 0.5) is 35.1 Å². The van der Waals surface area contributed by atoms with E-state index in [1.807, 2.05) is 0 Å². The van der Waals surface area contributed by atoms with Gasteiger partial charge in [0.25, 0.3) is 0 Å². The van der Waals surface area contributed by atoms with Crippen LogP contribution in [0.15, 0.2) is 24.3 Å². The van der Waals surface area contributed by atoms with Crippen LogP contribution in [-0.2, 0) is 6.54 Å². The molecule has 0 saturated carbocycles. The topological polar surface area (TPSA) is 21.3 Å². The second kappa shape index (κ2) is 7.12. The minimum Gasteiger partial charge on any atom is -0.428 e. The summed E-state index contributed by atoms with van der Waals surface area (Å²) >= 11 is 0. The van der Waals surface area contributed by atoms with Crippen LogP contribution in [-0.4, -0.2) is 31.4 Å². The molecule has 1 aromatic carbocycles. The zero-order chi connectivity index (χ0) is 17.0. The van der Waals surface area contributed by atoms with Gasteiger partial charge >= 0.3 is 18.7 Å². The smallest absolute Gasteiger partial charge is 0.428 e. The van der Waals surface area contributed by atoms with Crippen molar-refractivity contribution in [3.63, 3.8) is 0 Å². The van der Waals surface area contributed by atoms with Crippen molar-refractivity contribution in [1.29, 1.82) is 0 Å². The third-order valence-electron chi connectivity index (χ3n) is 2.41. The van der Waals surface area contributed by atoms with Crippen LogP contribution >= 0.6 is 0 Å². The minimum atomic E-state index is -5.00. The summed E-state index contributed by atoms with van der Waals surface area (Å²) in [4.78, 5) is 0. The van der Waals surface area contributed by atoms with E-state index in [0.717, 1.165) is 12.1 Å². The number of ether oxygens (including phenoxy) is 1. The monoisotopic (exact) mass is 337 g/mol. The Bertz CT molecular complexity index is 476. The third kappa shape index (κ3) is 5.66. The van der Waals surface area contributed by atoms with Gasteiger partial charge in [0, 0.05) is 13.1 Å². The van der Waals surface area contributed by atoms with E-state index in [1.165, 1.54) is 12.1 Å². The maximum Gasteiger partial charge on any atom is 0.461 e. The van der Waals surface area contributed by atoms with Crippen LogP contribution in [0.3, 0.4) is 0 Å². The summed E-state index contributed by atoms with van der Waals surface area (Å²) in [6.07, 6.45) is -16.8. The van der Waals surface area contributed by atoms with Crippen molar-refractivity contribution in [2.45, 2.75) is 31.4 Å². The molecule has 0 amide bonds. The second-order valence-electron chi connectivity index (χ2n) is 4.25. The van der Waals surface area contributed by atoms with Gasteiger partial charge in [-0.3, -0.25) is 0 Å². The van der Waals surface area contributed by atoms with Crippen LogP contribution in [0, 0.1) is 0 Å². The lowest BCUT2D eigenvalue weighted by Gasteiger charge is -2.17. The van der Waals surface area contributed by atoms with E-state index in [1.54, 1.807) is 0 Å². The number of halogens is 8. The molecule has 0 fully saturated rings. The SMILES string of the molecule is FC(CNCc1cccc(OC(F)(F)C(F)F)c1)C(F)(F)F. The highest BCUT2D eigenvalue weighted by molar-refractivity contribution is 5.28. The van der Waals surface area contributed by atoms with Crippen molar-refractivity contribution in [2.24, 2.45) is 0 Å². The Kier molecular flexibility index (Phi) is 5.98. The number of benzene rings is 1. The first-order valence-corrected chi connectivity index (χ1v) is 5.88. The Balaban J connectivity index is 2.58. The highest BCUT2D eigenvalue weighted by Crippen LogP contribution is 2.28. The largest absolute Gasteiger partial charge is 0.461 e. The van der Waals surface area contributed by atoms with Crippen molar-refractivity contribution in [3.8, 4) is 5.75 Å². The molecule has 0 radical (unpaired) electrons. The molecule has 0 aliphatic rings. The maximum atomic E-state index is 12.7. The lowest BCUT2D eigenvalue weighted by atomic mass is 10.2. The average molecular weight is 337 g/mol. The second-order valence-corrected chi connectivity index (χ2v) is 4.25. The molecule has 2 nitrogen and oxygen atoms in total. The Labute approximate surface area is 120 Å². The van der Waals surface area contributed by atoms with Gasteiger partial charge in [0.15, 0.2) is 0 Å². The summed E-state index contributed by atoms with van der Waals surface area (Å²) in [7, 11) is 0. The van der Waals surface area contributed by atoms with Gasteiger partial charge in [-0.25, -0.2) is 4.39 Å². The van der Waals surface area contributed by atoms with Crippen molar-refractivity contribution < 1.29 is 39.9 Å². The Morgan fingerprint density at radius 2 is 1.68 bits per heavy atom. The van der Waals surface area contributed by atoms with Crippen molar-refractivity contribution >= 4 is 0 Å². The van der Waals surface area contributed by atoms with Crippen LogP contribution in [0.2, 0.25) is 0 Å². The fourth-order valence-electron chi connectivity index (χ4n) is 1.38. The van der Waals surface area contributed by atoms with Gasteiger partial charge in [-0.15, -0.1) is 0 Å². The van der Waals surface area contributed by atoms with Crippen LogP contribution < -0.4 is 10.1 Å². The summed E-state index contributed by atoms with van der Waals surface area (Å²) < 4.78 is 101. The molecule has 1 rings (SSSR count). The highest BCUT2D eigenvalue weighted by atomic mass is 19.4. The molecular weight excluding hydrogens is 326 g/mol. The molecule has 0 heterocycles. The van der Waals surface area contributed by atoms with Crippen molar-refractivity contribution in [1.82, 2.24) is 5.32 Å². The van der Waals surface area contributed by atoms with E-state index in [0.29, 0.717) is 0 Å². The van der Waals surface area contributed by atoms with E-state index in [-0.39, 0.29) is 12.1 Å². The molecule has 0 aromatic heterocycles. The van der Waals surface area contributed by atoms with Gasteiger partial charge in [0.1, 0.15) is 5.75 Å². The summed E-state index contributed by atoms with van der Waals surface area (Å²) in [5, 5.41) is 2.13. The number of hydrogen-bond acceptors (Lipinski definition) is 2. The molecule has 0 bridgehead atoms. The number of alkyl halides is 8. The summed E-state index contributed by atoms with van der Waals surface area (Å²) in [6, 6.07) is 4.42. The summed E-state index contributed by atoms with van der Waals surface area (Å²) in [5.74, 6) is -0.586. The van der Waals surface area contributed by atoms with Crippen molar-refractivity contribution in [2.75, 3.05) is 6.54 Å². The summed E-state index contributed by atoms with van der Waals surface area (Å²) in [5.41, 5.74) is 0.164. The molecular formula is C12H11F8NO. The standard InChI is InChI=1S/C12H11F8NO/c13-9(11(16,17)18)6-21-5-7-2-1-3-8(4-7)22-12(19,20)10(14)15/h1-4,9-10,21H,5-6H2. The average Bonchev–Trinajstić information content (AvgIpc) is 2.37. The van der Waals surface area contributed by atoms with Crippen LogP contribution in [0.1, 0.15) is 5.56 Å². The molecule has 10 heteroatoms. The van der Waals surface area contributed by atoms with Crippen LogP contribution in [0.25, 0.3) is 0 Å².